The van der Waals surface area contributed by atoms with Crippen LogP contribution >= 0.6 is 0 Å². The van der Waals surface area contributed by atoms with E-state index >= 15 is 0 Å². The SMILES string of the molecule is Cn1ccc(C(=O)Nc2ccc(NC(=O)c3cc(-c4ccc(F)cc4)n[nH]3)cc2)n1. The Morgan fingerprint density at radius 2 is 1.57 bits per heavy atom. The number of nitrogens with zero attached hydrogens (tertiary/aromatic N) is 3. The average molecular weight is 404 g/mol. The van der Waals surface area contributed by atoms with Gasteiger partial charge in [0.2, 0.25) is 0 Å². The Balaban J connectivity index is 1.39. The third-order valence-electron chi connectivity index (χ3n) is 4.31. The number of carbonyl (C=O) groups excluding carboxylic acids is 2. The number of aryl methyl sites for hydroxylation is 1. The first-order chi connectivity index (χ1) is 14.5. The summed E-state index contributed by atoms with van der Waals surface area (Å²) in [6, 6.07) is 15.7. The van der Waals surface area contributed by atoms with Crippen molar-refractivity contribution in [1.29, 1.82) is 0 Å². The summed E-state index contributed by atoms with van der Waals surface area (Å²) in [7, 11) is 1.73. The highest BCUT2D eigenvalue weighted by molar-refractivity contribution is 6.04. The normalized spacial score (nSPS) is 10.6. The van der Waals surface area contributed by atoms with Gasteiger partial charge in [0.25, 0.3) is 11.8 Å². The molecule has 0 bridgehead atoms. The highest BCUT2D eigenvalue weighted by Gasteiger charge is 2.12. The van der Waals surface area contributed by atoms with Crippen LogP contribution in [0.15, 0.2) is 66.9 Å². The lowest BCUT2D eigenvalue weighted by molar-refractivity contribution is 0.101. The van der Waals surface area contributed by atoms with Crippen LogP contribution in [0.2, 0.25) is 0 Å². The third kappa shape index (κ3) is 4.25. The van der Waals surface area contributed by atoms with Gasteiger partial charge in [0, 0.05) is 30.2 Å². The number of halogens is 1. The van der Waals surface area contributed by atoms with Crippen molar-refractivity contribution in [3.05, 3.63) is 84.1 Å². The van der Waals surface area contributed by atoms with Crippen molar-refractivity contribution in [2.75, 3.05) is 10.6 Å². The van der Waals surface area contributed by atoms with Gasteiger partial charge in [0.1, 0.15) is 11.5 Å². The first-order valence-electron chi connectivity index (χ1n) is 9.02. The van der Waals surface area contributed by atoms with Gasteiger partial charge in [-0.05, 0) is 60.7 Å². The van der Waals surface area contributed by atoms with Crippen molar-refractivity contribution in [2.24, 2.45) is 7.05 Å². The van der Waals surface area contributed by atoms with Crippen LogP contribution in [0.3, 0.4) is 0 Å². The molecule has 0 aliphatic carbocycles. The summed E-state index contributed by atoms with van der Waals surface area (Å²) in [5.74, 6) is -1.04. The molecule has 2 amide bonds. The van der Waals surface area contributed by atoms with Gasteiger partial charge in [-0.1, -0.05) is 0 Å². The maximum absolute atomic E-state index is 13.0. The van der Waals surface area contributed by atoms with E-state index in [1.54, 1.807) is 66.5 Å². The van der Waals surface area contributed by atoms with E-state index < -0.39 is 0 Å². The maximum Gasteiger partial charge on any atom is 0.276 e. The molecule has 2 aromatic carbocycles. The standard InChI is InChI=1S/C21H17FN6O2/c1-28-11-10-17(27-28)20(29)23-15-6-8-16(9-7-15)24-21(30)19-12-18(25-26-19)13-2-4-14(22)5-3-13/h2-12H,1H3,(H,23,29)(H,24,30)(H,25,26). The number of aromatic nitrogens is 4. The fraction of sp³-hybridized carbons (Fsp3) is 0.0476. The van der Waals surface area contributed by atoms with Gasteiger partial charge in [-0.3, -0.25) is 19.4 Å². The van der Waals surface area contributed by atoms with Gasteiger partial charge >= 0.3 is 0 Å². The molecule has 0 aliphatic rings. The van der Waals surface area contributed by atoms with Gasteiger partial charge in [-0.2, -0.15) is 10.2 Å². The van der Waals surface area contributed by atoms with E-state index in [-0.39, 0.29) is 23.3 Å². The fourth-order valence-electron chi connectivity index (χ4n) is 2.77. The smallest absolute Gasteiger partial charge is 0.276 e. The molecule has 0 spiro atoms. The first kappa shape index (κ1) is 19.1. The van der Waals surface area contributed by atoms with Crippen molar-refractivity contribution in [3.8, 4) is 11.3 Å². The van der Waals surface area contributed by atoms with Gasteiger partial charge in [-0.25, -0.2) is 4.39 Å². The molecule has 2 aromatic heterocycles. The minimum atomic E-state index is -0.374. The van der Waals surface area contributed by atoms with Crippen LogP contribution in [0.25, 0.3) is 11.3 Å². The molecular formula is C21H17FN6O2. The molecule has 150 valence electrons. The fourth-order valence-corrected chi connectivity index (χ4v) is 2.77. The monoisotopic (exact) mass is 404 g/mol. The van der Waals surface area contributed by atoms with Gasteiger partial charge in [0.15, 0.2) is 5.69 Å². The Labute approximate surface area is 170 Å². The Bertz CT molecular complexity index is 1190. The van der Waals surface area contributed by atoms with Crippen molar-refractivity contribution in [3.63, 3.8) is 0 Å². The minimum Gasteiger partial charge on any atom is -0.321 e. The van der Waals surface area contributed by atoms with E-state index in [0.29, 0.717) is 28.3 Å². The Hall–Kier alpha value is -4.27. The number of rotatable bonds is 5. The summed E-state index contributed by atoms with van der Waals surface area (Å²) in [5.41, 5.74) is 2.93. The molecular weight excluding hydrogens is 387 g/mol. The molecule has 0 saturated heterocycles. The van der Waals surface area contributed by atoms with E-state index in [1.165, 1.54) is 12.1 Å². The van der Waals surface area contributed by atoms with Crippen LogP contribution in [0.5, 0.6) is 0 Å². The van der Waals surface area contributed by atoms with E-state index in [2.05, 4.69) is 25.9 Å². The molecule has 30 heavy (non-hydrogen) atoms. The number of H-pyrrole nitrogens is 1. The predicted molar refractivity (Wildman–Crippen MR) is 110 cm³/mol. The van der Waals surface area contributed by atoms with Crippen molar-refractivity contribution >= 4 is 23.2 Å². The highest BCUT2D eigenvalue weighted by atomic mass is 19.1. The lowest BCUT2D eigenvalue weighted by atomic mass is 10.1. The van der Waals surface area contributed by atoms with Crippen LogP contribution < -0.4 is 10.6 Å². The molecule has 3 N–H and O–H groups in total. The van der Waals surface area contributed by atoms with Gasteiger partial charge < -0.3 is 10.6 Å². The predicted octanol–water partition coefficient (Wildman–Crippen LogP) is 3.45. The van der Waals surface area contributed by atoms with Crippen LogP contribution in [0.1, 0.15) is 21.0 Å². The van der Waals surface area contributed by atoms with E-state index in [0.717, 1.165) is 0 Å². The van der Waals surface area contributed by atoms with Crippen molar-refractivity contribution in [2.45, 2.75) is 0 Å². The molecule has 4 rings (SSSR count). The number of benzene rings is 2. The number of aromatic amines is 1. The summed E-state index contributed by atoms with van der Waals surface area (Å²) >= 11 is 0. The molecule has 9 heteroatoms. The van der Waals surface area contributed by atoms with Crippen molar-refractivity contribution < 1.29 is 14.0 Å². The second-order valence-electron chi connectivity index (χ2n) is 6.53. The number of carbonyl (C=O) groups is 2. The van der Waals surface area contributed by atoms with Crippen molar-refractivity contribution in [1.82, 2.24) is 20.0 Å². The lowest BCUT2D eigenvalue weighted by Gasteiger charge is -2.06. The molecule has 0 radical (unpaired) electrons. The molecule has 0 aliphatic heterocycles. The molecule has 0 saturated carbocycles. The number of hydrogen-bond donors (Lipinski definition) is 3. The largest absolute Gasteiger partial charge is 0.321 e. The average Bonchev–Trinajstić information content (AvgIpc) is 3.40. The number of hydrogen-bond acceptors (Lipinski definition) is 4. The van der Waals surface area contributed by atoms with Crippen LogP contribution in [0, 0.1) is 5.82 Å². The number of amides is 2. The van der Waals surface area contributed by atoms with Crippen LogP contribution in [-0.4, -0.2) is 31.8 Å². The molecule has 4 aromatic rings. The summed E-state index contributed by atoms with van der Waals surface area (Å²) in [6.45, 7) is 0. The van der Waals surface area contributed by atoms with E-state index in [9.17, 15) is 14.0 Å². The van der Waals surface area contributed by atoms with E-state index in [4.69, 9.17) is 0 Å². The molecule has 2 heterocycles. The second kappa shape index (κ2) is 8.00. The maximum atomic E-state index is 13.0. The molecule has 0 atom stereocenters. The first-order valence-corrected chi connectivity index (χ1v) is 9.02. The lowest BCUT2D eigenvalue weighted by Crippen LogP contribution is -2.14. The topological polar surface area (TPSA) is 105 Å². The number of nitrogens with one attached hydrogen (secondary N) is 3. The minimum absolute atomic E-state index is 0.266. The zero-order chi connectivity index (χ0) is 21.1. The summed E-state index contributed by atoms with van der Waals surface area (Å²) in [5, 5.41) is 16.3. The van der Waals surface area contributed by atoms with Crippen LogP contribution in [-0.2, 0) is 7.05 Å². The third-order valence-corrected chi connectivity index (χ3v) is 4.31. The quantitative estimate of drug-likeness (QED) is 0.474. The Kier molecular flexibility index (Phi) is 5.08. The molecule has 8 nitrogen and oxygen atoms in total. The Morgan fingerprint density at radius 1 is 0.933 bits per heavy atom. The molecule has 0 unspecified atom stereocenters. The highest BCUT2D eigenvalue weighted by Crippen LogP contribution is 2.19. The second-order valence-corrected chi connectivity index (χ2v) is 6.53. The zero-order valence-electron chi connectivity index (χ0n) is 15.9. The Morgan fingerprint density at radius 3 is 2.17 bits per heavy atom. The summed E-state index contributed by atoms with van der Waals surface area (Å²) < 4.78 is 14.6. The van der Waals surface area contributed by atoms with Gasteiger partial charge in [-0.15, -0.1) is 0 Å². The summed E-state index contributed by atoms with van der Waals surface area (Å²) in [4.78, 5) is 24.6. The molecule has 0 fully saturated rings. The zero-order valence-corrected chi connectivity index (χ0v) is 15.9. The van der Waals surface area contributed by atoms with E-state index in [1.807, 2.05) is 0 Å². The summed E-state index contributed by atoms with van der Waals surface area (Å²) in [6.07, 6.45) is 1.69. The number of anilines is 2. The van der Waals surface area contributed by atoms with Crippen LogP contribution in [0.4, 0.5) is 15.8 Å². The van der Waals surface area contributed by atoms with Gasteiger partial charge in [0.05, 0.1) is 5.69 Å².